The Hall–Kier alpha value is -5.17. The fourth-order valence-corrected chi connectivity index (χ4v) is 7.55. The molecule has 2 saturated heterocycles. The Kier molecular flexibility index (Phi) is 7.89. The molecule has 50 heavy (non-hydrogen) atoms. The highest BCUT2D eigenvalue weighted by Crippen LogP contribution is 2.43. The van der Waals surface area contributed by atoms with E-state index in [1.807, 2.05) is 47.4 Å². The summed E-state index contributed by atoms with van der Waals surface area (Å²) in [5, 5.41) is 7.96. The summed E-state index contributed by atoms with van der Waals surface area (Å²) in [6.45, 7) is 5.26. The van der Waals surface area contributed by atoms with E-state index in [9.17, 15) is 22.8 Å². The van der Waals surface area contributed by atoms with Gasteiger partial charge in [-0.3, -0.25) is 24.5 Å². The van der Waals surface area contributed by atoms with Gasteiger partial charge in [0.05, 0.1) is 24.2 Å². The average Bonchev–Trinajstić information content (AvgIpc) is 3.92. The molecule has 0 unspecified atom stereocenters. The number of carbonyl (C=O) groups is 2. The predicted octanol–water partition coefficient (Wildman–Crippen LogP) is 5.55. The molecule has 4 aromatic rings. The molecule has 4 aliphatic rings. The summed E-state index contributed by atoms with van der Waals surface area (Å²) in [4.78, 5) is 41.1. The molecule has 0 aliphatic carbocycles. The summed E-state index contributed by atoms with van der Waals surface area (Å²) >= 11 is 0. The number of halogens is 3. The molecular formula is C37H34F3N7O3. The van der Waals surface area contributed by atoms with E-state index in [1.54, 1.807) is 11.8 Å². The van der Waals surface area contributed by atoms with Crippen LogP contribution in [-0.4, -0.2) is 81.8 Å². The normalized spacial score (nSPS) is 20.8. The van der Waals surface area contributed by atoms with Gasteiger partial charge in [0.1, 0.15) is 5.69 Å². The van der Waals surface area contributed by atoms with Crippen molar-refractivity contribution in [3.8, 4) is 11.5 Å². The Morgan fingerprint density at radius 2 is 1.76 bits per heavy atom. The van der Waals surface area contributed by atoms with E-state index in [4.69, 9.17) is 4.42 Å². The summed E-state index contributed by atoms with van der Waals surface area (Å²) in [6.07, 6.45) is 0.790. The number of fused-ring (bicyclic) bond motifs is 1. The van der Waals surface area contributed by atoms with E-state index < -0.39 is 17.3 Å². The number of aliphatic imine (C=N–C) groups is 1. The zero-order chi connectivity index (χ0) is 34.6. The number of anilines is 1. The smallest absolute Gasteiger partial charge is 0.421 e. The van der Waals surface area contributed by atoms with Gasteiger partial charge < -0.3 is 14.2 Å². The number of pyridine rings is 1. The summed E-state index contributed by atoms with van der Waals surface area (Å²) in [5.41, 5.74) is 4.75. The lowest BCUT2D eigenvalue weighted by Crippen LogP contribution is -2.43. The molecule has 10 nitrogen and oxygen atoms in total. The quantitative estimate of drug-likeness (QED) is 0.263. The first-order chi connectivity index (χ1) is 24.1. The number of aryl methyl sites for hydroxylation is 1. The molecular weight excluding hydrogens is 647 g/mol. The lowest BCUT2D eigenvalue weighted by atomic mass is 9.85. The second-order valence-corrected chi connectivity index (χ2v) is 13.4. The molecule has 0 N–H and O–H groups in total. The van der Waals surface area contributed by atoms with Gasteiger partial charge in [-0.15, -0.1) is 10.2 Å². The van der Waals surface area contributed by atoms with Crippen molar-refractivity contribution in [1.82, 2.24) is 25.0 Å². The monoisotopic (exact) mass is 681 g/mol. The fourth-order valence-electron chi connectivity index (χ4n) is 7.55. The molecule has 0 bridgehead atoms. The minimum atomic E-state index is -4.56. The fraction of sp³-hybridized carbons (Fsp3) is 0.351. The van der Waals surface area contributed by atoms with Crippen molar-refractivity contribution in [2.24, 2.45) is 10.4 Å². The maximum Gasteiger partial charge on any atom is 0.433 e. The van der Waals surface area contributed by atoms with Gasteiger partial charge in [-0.25, -0.2) is 0 Å². The van der Waals surface area contributed by atoms with Crippen molar-refractivity contribution in [2.45, 2.75) is 38.9 Å². The lowest BCUT2D eigenvalue weighted by molar-refractivity contribution is -0.141. The highest BCUT2D eigenvalue weighted by atomic mass is 19.4. The summed E-state index contributed by atoms with van der Waals surface area (Å²) in [5.74, 6) is 1.08. The van der Waals surface area contributed by atoms with Crippen LogP contribution in [0.15, 0.2) is 76.3 Å². The molecule has 2 amide bonds. The Balaban J connectivity index is 0.890. The standard InChI is InChI=1S/C37H34F3N7O3/c1-23-43-44-34(50-23)26-4-2-24(3-5-26)25-9-14-46(15-10-25)32(48)21-45-16-11-36(22-45)12-17-47(35(36)49)29-7-6-28-20-42-33(30(28)19-29)27-8-13-41-31(18-27)37(38,39)40/h2-9,13,18-19H,10-12,14-17,20-22H2,1H3/t36-/m0/s1. The summed E-state index contributed by atoms with van der Waals surface area (Å²) in [7, 11) is 0. The van der Waals surface area contributed by atoms with Crippen LogP contribution in [0.5, 0.6) is 0 Å². The Bertz CT molecular complexity index is 2060. The number of carbonyl (C=O) groups excluding carboxylic acids is 2. The number of hydrogen-bond acceptors (Lipinski definition) is 8. The van der Waals surface area contributed by atoms with E-state index in [2.05, 4.69) is 31.1 Å². The third-order valence-corrected chi connectivity index (χ3v) is 10.3. The number of aromatic nitrogens is 3. The van der Waals surface area contributed by atoms with Crippen molar-refractivity contribution in [1.29, 1.82) is 0 Å². The second kappa shape index (κ2) is 12.3. The minimum absolute atomic E-state index is 0.0259. The van der Waals surface area contributed by atoms with Crippen molar-refractivity contribution >= 4 is 28.8 Å². The Morgan fingerprint density at radius 1 is 0.960 bits per heavy atom. The van der Waals surface area contributed by atoms with E-state index >= 15 is 0 Å². The molecule has 2 fully saturated rings. The first-order valence-electron chi connectivity index (χ1n) is 16.7. The molecule has 0 saturated carbocycles. The van der Waals surface area contributed by atoms with Crippen LogP contribution >= 0.6 is 0 Å². The van der Waals surface area contributed by atoms with Crippen LogP contribution in [0.2, 0.25) is 0 Å². The highest BCUT2D eigenvalue weighted by Gasteiger charge is 2.51. The number of nitrogens with zero attached hydrogens (tertiary/aromatic N) is 7. The van der Waals surface area contributed by atoms with Gasteiger partial charge in [0.2, 0.25) is 23.6 Å². The van der Waals surface area contributed by atoms with Crippen molar-refractivity contribution < 1.29 is 27.2 Å². The van der Waals surface area contributed by atoms with Gasteiger partial charge in [-0.2, -0.15) is 13.2 Å². The van der Waals surface area contributed by atoms with Crippen LogP contribution in [0.1, 0.15) is 53.1 Å². The molecule has 256 valence electrons. The lowest BCUT2D eigenvalue weighted by Gasteiger charge is -2.29. The SMILES string of the molecule is Cc1nnc(-c2ccc(C3=CCN(C(=O)CN4CC[C@]5(CCN(c6ccc7c(c6)C(c6ccnc(C(F)(F)F)c6)=NC7)C5=O)C4)CC3)cc2)o1. The van der Waals surface area contributed by atoms with Gasteiger partial charge in [-0.05, 0) is 78.9 Å². The molecule has 4 aliphatic heterocycles. The van der Waals surface area contributed by atoms with Crippen molar-refractivity contribution in [2.75, 3.05) is 44.2 Å². The number of hydrogen-bond donors (Lipinski definition) is 0. The Morgan fingerprint density at radius 3 is 2.50 bits per heavy atom. The van der Waals surface area contributed by atoms with Gasteiger partial charge >= 0.3 is 6.18 Å². The minimum Gasteiger partial charge on any atom is -0.421 e. The molecule has 1 atom stereocenters. The van der Waals surface area contributed by atoms with E-state index in [1.165, 1.54) is 11.6 Å². The zero-order valence-electron chi connectivity index (χ0n) is 27.4. The zero-order valence-corrected chi connectivity index (χ0v) is 27.4. The van der Waals surface area contributed by atoms with E-state index in [0.717, 1.165) is 40.9 Å². The number of amides is 2. The van der Waals surface area contributed by atoms with E-state index in [0.29, 0.717) is 80.9 Å². The molecule has 2 aromatic heterocycles. The molecule has 0 radical (unpaired) electrons. The van der Waals surface area contributed by atoms with Gasteiger partial charge in [0.25, 0.3) is 0 Å². The molecule has 1 spiro atoms. The van der Waals surface area contributed by atoms with Gasteiger partial charge in [0, 0.05) is 61.7 Å². The number of alkyl halides is 3. The van der Waals surface area contributed by atoms with E-state index in [-0.39, 0.29) is 18.4 Å². The average molecular weight is 682 g/mol. The molecule has 2 aromatic carbocycles. The maximum absolute atomic E-state index is 14.0. The van der Waals surface area contributed by atoms with Crippen LogP contribution in [0.4, 0.5) is 18.9 Å². The summed E-state index contributed by atoms with van der Waals surface area (Å²) in [6, 6.07) is 16.2. The van der Waals surface area contributed by atoms with Crippen molar-refractivity contribution in [3.63, 3.8) is 0 Å². The first kappa shape index (κ1) is 32.1. The highest BCUT2D eigenvalue weighted by molar-refractivity contribution is 6.16. The van der Waals surface area contributed by atoms with Crippen LogP contribution in [0.25, 0.3) is 17.0 Å². The molecule has 6 heterocycles. The van der Waals surface area contributed by atoms with Gasteiger partial charge in [-0.1, -0.05) is 24.3 Å². The molecule has 8 rings (SSSR count). The third kappa shape index (κ3) is 5.89. The predicted molar refractivity (Wildman–Crippen MR) is 179 cm³/mol. The summed E-state index contributed by atoms with van der Waals surface area (Å²) < 4.78 is 45.6. The van der Waals surface area contributed by atoms with Crippen LogP contribution in [0.3, 0.4) is 0 Å². The molecule has 13 heteroatoms. The van der Waals surface area contributed by atoms with Gasteiger partial charge in [0.15, 0.2) is 0 Å². The van der Waals surface area contributed by atoms with Crippen LogP contribution in [0, 0.1) is 12.3 Å². The largest absolute Gasteiger partial charge is 0.433 e. The third-order valence-electron chi connectivity index (χ3n) is 10.3. The maximum atomic E-state index is 14.0. The van der Waals surface area contributed by atoms with Crippen molar-refractivity contribution in [3.05, 3.63) is 101 Å². The Labute approximate surface area is 286 Å². The number of likely N-dealkylation sites (tertiary alicyclic amines) is 1. The second-order valence-electron chi connectivity index (χ2n) is 13.4. The van der Waals surface area contributed by atoms with Crippen LogP contribution < -0.4 is 4.90 Å². The topological polar surface area (TPSA) is 108 Å². The first-order valence-corrected chi connectivity index (χ1v) is 16.7. The number of benzene rings is 2. The van der Waals surface area contributed by atoms with Crippen LogP contribution in [-0.2, 0) is 22.3 Å². The number of rotatable bonds is 6.